The van der Waals surface area contributed by atoms with Crippen molar-refractivity contribution >= 4 is 11.8 Å². The van der Waals surface area contributed by atoms with Crippen LogP contribution < -0.4 is 10.1 Å². The highest BCUT2D eigenvalue weighted by molar-refractivity contribution is 5.88. The minimum atomic E-state index is -0.555. The van der Waals surface area contributed by atoms with E-state index in [1.807, 2.05) is 70.2 Å². The van der Waals surface area contributed by atoms with E-state index < -0.39 is 6.04 Å². The minimum Gasteiger partial charge on any atom is -0.483 e. The molecule has 0 aliphatic heterocycles. The van der Waals surface area contributed by atoms with E-state index in [0.717, 1.165) is 23.1 Å². The number of nitrogens with zero attached hydrogens (tertiary/aromatic N) is 1. The first-order chi connectivity index (χ1) is 15.3. The predicted octanol–water partition coefficient (Wildman–Crippen LogP) is 5.22. The van der Waals surface area contributed by atoms with Crippen LogP contribution in [0.2, 0.25) is 0 Å². The zero-order valence-electron chi connectivity index (χ0n) is 20.4. The summed E-state index contributed by atoms with van der Waals surface area (Å²) in [5.74, 6) is 0.680. The Bertz CT molecular complexity index is 894. The molecule has 0 saturated heterocycles. The lowest BCUT2D eigenvalue weighted by Gasteiger charge is -2.31. The average Bonchev–Trinajstić information content (AvgIpc) is 2.77. The van der Waals surface area contributed by atoms with Gasteiger partial charge in [0.25, 0.3) is 5.91 Å². The van der Waals surface area contributed by atoms with Crippen molar-refractivity contribution in [3.63, 3.8) is 0 Å². The first-order valence-electron chi connectivity index (χ1n) is 11.6. The van der Waals surface area contributed by atoms with Crippen molar-refractivity contribution < 1.29 is 14.3 Å². The second kappa shape index (κ2) is 12.3. The summed E-state index contributed by atoms with van der Waals surface area (Å²) in [4.78, 5) is 28.0. The number of para-hydroxylation sites is 1. The fourth-order valence-electron chi connectivity index (χ4n) is 3.68. The van der Waals surface area contributed by atoms with Gasteiger partial charge in [-0.2, -0.15) is 0 Å². The predicted molar refractivity (Wildman–Crippen MR) is 130 cm³/mol. The second-order valence-corrected chi connectivity index (χ2v) is 8.73. The van der Waals surface area contributed by atoms with Gasteiger partial charge in [-0.1, -0.05) is 75.7 Å². The molecular formula is C27H38N2O3. The molecule has 0 aliphatic carbocycles. The van der Waals surface area contributed by atoms with E-state index in [0.29, 0.717) is 18.7 Å². The van der Waals surface area contributed by atoms with Crippen molar-refractivity contribution in [3.05, 3.63) is 65.2 Å². The molecule has 174 valence electrons. The van der Waals surface area contributed by atoms with Crippen LogP contribution in [-0.4, -0.2) is 35.4 Å². The quantitative estimate of drug-likeness (QED) is 0.523. The van der Waals surface area contributed by atoms with E-state index in [1.54, 1.807) is 4.90 Å². The summed E-state index contributed by atoms with van der Waals surface area (Å²) in [5.41, 5.74) is 3.18. The average molecular weight is 439 g/mol. The summed E-state index contributed by atoms with van der Waals surface area (Å²) in [7, 11) is 0. The number of ether oxygens (including phenoxy) is 1. The molecule has 2 atom stereocenters. The Morgan fingerprint density at radius 1 is 1.00 bits per heavy atom. The number of hydrogen-bond donors (Lipinski definition) is 1. The van der Waals surface area contributed by atoms with Crippen molar-refractivity contribution in [1.29, 1.82) is 0 Å². The number of carbonyl (C=O) groups is 2. The van der Waals surface area contributed by atoms with Crippen LogP contribution in [0.4, 0.5) is 0 Å². The van der Waals surface area contributed by atoms with Crippen LogP contribution in [0.15, 0.2) is 48.5 Å². The first-order valence-corrected chi connectivity index (χ1v) is 11.6. The molecule has 0 aliphatic rings. The number of hydrogen-bond acceptors (Lipinski definition) is 3. The van der Waals surface area contributed by atoms with Gasteiger partial charge in [-0.3, -0.25) is 9.59 Å². The van der Waals surface area contributed by atoms with Gasteiger partial charge in [0.1, 0.15) is 11.8 Å². The van der Waals surface area contributed by atoms with E-state index in [4.69, 9.17) is 4.74 Å². The Morgan fingerprint density at radius 2 is 1.72 bits per heavy atom. The topological polar surface area (TPSA) is 58.6 Å². The van der Waals surface area contributed by atoms with Gasteiger partial charge in [-0.15, -0.1) is 0 Å². The zero-order chi connectivity index (χ0) is 23.7. The molecule has 0 fully saturated rings. The van der Waals surface area contributed by atoms with Crippen LogP contribution in [0.1, 0.15) is 70.1 Å². The Morgan fingerprint density at radius 3 is 2.34 bits per heavy atom. The van der Waals surface area contributed by atoms with Gasteiger partial charge in [0.15, 0.2) is 6.61 Å². The number of rotatable bonds is 11. The number of amides is 2. The molecule has 2 rings (SSSR count). The molecule has 2 aromatic rings. The van der Waals surface area contributed by atoms with Gasteiger partial charge in [0.2, 0.25) is 5.91 Å². The molecule has 0 bridgehead atoms. The highest BCUT2D eigenvalue weighted by Crippen LogP contribution is 2.26. The highest BCUT2D eigenvalue weighted by atomic mass is 16.5. The summed E-state index contributed by atoms with van der Waals surface area (Å²) in [6.45, 7) is 12.4. The van der Waals surface area contributed by atoms with Gasteiger partial charge in [-0.05, 0) is 49.8 Å². The van der Waals surface area contributed by atoms with Crippen molar-refractivity contribution in [2.24, 2.45) is 0 Å². The largest absolute Gasteiger partial charge is 0.483 e. The first kappa shape index (κ1) is 25.4. The fourth-order valence-corrected chi connectivity index (χ4v) is 3.68. The van der Waals surface area contributed by atoms with Crippen LogP contribution in [0, 0.1) is 6.92 Å². The van der Waals surface area contributed by atoms with Crippen molar-refractivity contribution in [2.45, 2.75) is 78.9 Å². The standard InChI is InChI=1S/C27H38N2O3/c1-7-21(6)28-27(31)24(8-2)29(17-22-13-11-12-20(5)16-22)26(30)18-32-25-15-10-9-14-23(25)19(3)4/h9-16,19,21,24H,7-8,17-18H2,1-6H3,(H,28,31)/t21-,24-/m0/s1. The Balaban J connectivity index is 2.26. The van der Waals surface area contributed by atoms with E-state index in [2.05, 4.69) is 25.2 Å². The Hall–Kier alpha value is -2.82. The Labute approximate surface area is 193 Å². The van der Waals surface area contributed by atoms with Crippen LogP contribution >= 0.6 is 0 Å². The second-order valence-electron chi connectivity index (χ2n) is 8.73. The Kier molecular flexibility index (Phi) is 9.76. The van der Waals surface area contributed by atoms with Crippen LogP contribution in [0.25, 0.3) is 0 Å². The maximum absolute atomic E-state index is 13.4. The number of aryl methyl sites for hydroxylation is 1. The third-order valence-corrected chi connectivity index (χ3v) is 5.71. The molecule has 0 spiro atoms. The van der Waals surface area contributed by atoms with Gasteiger partial charge in [0.05, 0.1) is 0 Å². The number of benzene rings is 2. The molecule has 0 heterocycles. The number of nitrogens with one attached hydrogen (secondary N) is 1. The van der Waals surface area contributed by atoms with E-state index in [-0.39, 0.29) is 30.4 Å². The molecule has 5 heteroatoms. The van der Waals surface area contributed by atoms with Gasteiger partial charge in [-0.25, -0.2) is 0 Å². The van der Waals surface area contributed by atoms with Crippen molar-refractivity contribution in [3.8, 4) is 5.75 Å². The molecule has 32 heavy (non-hydrogen) atoms. The molecular weight excluding hydrogens is 400 g/mol. The monoisotopic (exact) mass is 438 g/mol. The van der Waals surface area contributed by atoms with Gasteiger partial charge in [0, 0.05) is 12.6 Å². The minimum absolute atomic E-state index is 0.0571. The SMILES string of the molecule is CC[C@H](C)NC(=O)[C@H](CC)N(Cc1cccc(C)c1)C(=O)COc1ccccc1C(C)C. The molecule has 0 aromatic heterocycles. The lowest BCUT2D eigenvalue weighted by atomic mass is 10.0. The third kappa shape index (κ3) is 7.11. The molecule has 0 saturated carbocycles. The summed E-state index contributed by atoms with van der Waals surface area (Å²) in [5, 5.41) is 3.04. The van der Waals surface area contributed by atoms with E-state index in [9.17, 15) is 9.59 Å². The lowest BCUT2D eigenvalue weighted by molar-refractivity contribution is -0.143. The van der Waals surface area contributed by atoms with Gasteiger partial charge >= 0.3 is 0 Å². The lowest BCUT2D eigenvalue weighted by Crippen LogP contribution is -2.51. The molecule has 5 nitrogen and oxygen atoms in total. The number of carbonyl (C=O) groups excluding carboxylic acids is 2. The van der Waals surface area contributed by atoms with Crippen molar-refractivity contribution in [1.82, 2.24) is 10.2 Å². The van der Waals surface area contributed by atoms with E-state index >= 15 is 0 Å². The molecule has 0 radical (unpaired) electrons. The highest BCUT2D eigenvalue weighted by Gasteiger charge is 2.29. The summed E-state index contributed by atoms with van der Waals surface area (Å²) >= 11 is 0. The molecule has 1 N–H and O–H groups in total. The summed E-state index contributed by atoms with van der Waals surface area (Å²) in [6.07, 6.45) is 1.37. The summed E-state index contributed by atoms with van der Waals surface area (Å²) < 4.78 is 5.96. The fraction of sp³-hybridized carbons (Fsp3) is 0.481. The molecule has 2 aromatic carbocycles. The maximum atomic E-state index is 13.4. The van der Waals surface area contributed by atoms with Crippen molar-refractivity contribution in [2.75, 3.05) is 6.61 Å². The van der Waals surface area contributed by atoms with E-state index in [1.165, 1.54) is 0 Å². The van der Waals surface area contributed by atoms with Crippen LogP contribution in [0.3, 0.4) is 0 Å². The van der Waals surface area contributed by atoms with Crippen LogP contribution in [0.5, 0.6) is 5.75 Å². The van der Waals surface area contributed by atoms with Gasteiger partial charge < -0.3 is 15.0 Å². The molecule has 2 amide bonds. The third-order valence-electron chi connectivity index (χ3n) is 5.71. The summed E-state index contributed by atoms with van der Waals surface area (Å²) in [6, 6.07) is 15.3. The smallest absolute Gasteiger partial charge is 0.261 e. The molecule has 0 unspecified atom stereocenters. The zero-order valence-corrected chi connectivity index (χ0v) is 20.4. The normalized spacial score (nSPS) is 12.8. The van der Waals surface area contributed by atoms with Crippen LogP contribution in [-0.2, 0) is 16.1 Å². The maximum Gasteiger partial charge on any atom is 0.261 e.